The van der Waals surface area contributed by atoms with Crippen molar-refractivity contribution in [3.8, 4) is 5.75 Å². The third-order valence-corrected chi connectivity index (χ3v) is 5.00. The topological polar surface area (TPSA) is 73.8 Å². The van der Waals surface area contributed by atoms with Crippen molar-refractivity contribution in [3.05, 3.63) is 29.8 Å². The number of amides is 2. The highest BCUT2D eigenvalue weighted by Gasteiger charge is 2.36. The molecule has 0 bridgehead atoms. The monoisotopic (exact) mass is 369 g/mol. The molecule has 0 radical (unpaired) electrons. The van der Waals surface area contributed by atoms with E-state index in [1.165, 1.54) is 18.9 Å². The number of rotatable bonds is 6. The lowest BCUT2D eigenvalue weighted by Crippen LogP contribution is -2.50. The van der Waals surface area contributed by atoms with Gasteiger partial charge >= 0.3 is 6.03 Å². The molecule has 3 rings (SSSR count). The lowest BCUT2D eigenvalue weighted by molar-refractivity contribution is 0.107. The summed E-state index contributed by atoms with van der Waals surface area (Å²) in [5, 5.41) is 15.5. The van der Waals surface area contributed by atoms with Gasteiger partial charge in [-0.1, -0.05) is 6.42 Å². The first-order chi connectivity index (χ1) is 12.5. The van der Waals surface area contributed by atoms with E-state index in [9.17, 15) is 18.7 Å². The molecule has 3 unspecified atom stereocenters. The number of urea groups is 1. The van der Waals surface area contributed by atoms with Crippen molar-refractivity contribution in [1.29, 1.82) is 0 Å². The molecule has 0 saturated carbocycles. The first-order valence-electron chi connectivity index (χ1n) is 9.07. The average molecular weight is 369 g/mol. The first-order valence-corrected chi connectivity index (χ1v) is 9.07. The Morgan fingerprint density at radius 3 is 2.92 bits per heavy atom. The summed E-state index contributed by atoms with van der Waals surface area (Å²) >= 11 is 0. The molecule has 1 aromatic carbocycles. The molecule has 2 aliphatic rings. The van der Waals surface area contributed by atoms with Gasteiger partial charge in [-0.15, -0.1) is 0 Å². The number of nitrogens with one attached hydrogen (secondary N) is 2. The molecule has 26 heavy (non-hydrogen) atoms. The van der Waals surface area contributed by atoms with Crippen LogP contribution in [0.25, 0.3) is 0 Å². The van der Waals surface area contributed by atoms with Gasteiger partial charge in [0.25, 0.3) is 0 Å². The largest absolute Gasteiger partial charge is 0.491 e. The second-order valence-corrected chi connectivity index (χ2v) is 6.89. The van der Waals surface area contributed by atoms with Crippen molar-refractivity contribution in [2.45, 2.75) is 43.9 Å². The maximum Gasteiger partial charge on any atom is 0.315 e. The second-order valence-electron chi connectivity index (χ2n) is 6.89. The van der Waals surface area contributed by atoms with Crippen LogP contribution >= 0.6 is 0 Å². The van der Waals surface area contributed by atoms with Crippen LogP contribution in [0.5, 0.6) is 5.75 Å². The summed E-state index contributed by atoms with van der Waals surface area (Å²) in [4.78, 5) is 14.5. The zero-order valence-corrected chi connectivity index (χ0v) is 14.6. The number of hydrogen-bond donors (Lipinski definition) is 3. The lowest BCUT2D eigenvalue weighted by Gasteiger charge is -2.32. The molecule has 0 aliphatic carbocycles. The smallest absolute Gasteiger partial charge is 0.315 e. The van der Waals surface area contributed by atoms with Crippen LogP contribution in [0, 0.1) is 11.6 Å². The molecule has 3 N–H and O–H groups in total. The van der Waals surface area contributed by atoms with Crippen molar-refractivity contribution in [2.24, 2.45) is 0 Å². The molecule has 2 fully saturated rings. The number of carbonyl (C=O) groups is 1. The number of halogens is 2. The normalized spacial score (nSPS) is 24.0. The Hall–Kier alpha value is -1.93. The highest BCUT2D eigenvalue weighted by Crippen LogP contribution is 2.27. The maximum atomic E-state index is 13.1. The number of aliphatic hydroxyl groups is 1. The third kappa shape index (κ3) is 4.82. The fourth-order valence-corrected chi connectivity index (χ4v) is 3.66. The van der Waals surface area contributed by atoms with Gasteiger partial charge in [-0.3, -0.25) is 4.90 Å². The second kappa shape index (κ2) is 8.64. The Morgan fingerprint density at radius 1 is 1.27 bits per heavy atom. The van der Waals surface area contributed by atoms with Crippen LogP contribution in [0.1, 0.15) is 25.7 Å². The predicted molar refractivity (Wildman–Crippen MR) is 92.0 cm³/mol. The van der Waals surface area contributed by atoms with Crippen LogP contribution in [-0.4, -0.2) is 60.5 Å². The van der Waals surface area contributed by atoms with E-state index in [2.05, 4.69) is 15.5 Å². The molecule has 1 aromatic rings. The van der Waals surface area contributed by atoms with Crippen LogP contribution < -0.4 is 15.4 Å². The number of carbonyl (C=O) groups excluding carboxylic acids is 1. The van der Waals surface area contributed by atoms with Gasteiger partial charge in [0.15, 0.2) is 11.6 Å². The van der Waals surface area contributed by atoms with Gasteiger partial charge in [0, 0.05) is 31.2 Å². The number of benzene rings is 1. The minimum Gasteiger partial charge on any atom is -0.491 e. The van der Waals surface area contributed by atoms with Crippen LogP contribution in [0.15, 0.2) is 18.2 Å². The number of piperidine rings is 1. The van der Waals surface area contributed by atoms with Crippen molar-refractivity contribution in [3.63, 3.8) is 0 Å². The van der Waals surface area contributed by atoms with E-state index in [1.807, 2.05) is 0 Å². The average Bonchev–Trinajstić information content (AvgIpc) is 3.04. The molecular weight excluding hydrogens is 344 g/mol. The van der Waals surface area contributed by atoms with Gasteiger partial charge in [0.2, 0.25) is 0 Å². The fourth-order valence-electron chi connectivity index (χ4n) is 3.66. The van der Waals surface area contributed by atoms with Crippen LogP contribution in [0.3, 0.4) is 0 Å². The molecule has 144 valence electrons. The van der Waals surface area contributed by atoms with Crippen LogP contribution in [0.4, 0.5) is 13.6 Å². The predicted octanol–water partition coefficient (Wildman–Crippen LogP) is 1.63. The summed E-state index contributed by atoms with van der Waals surface area (Å²) in [5.41, 5.74) is 0. The maximum absolute atomic E-state index is 13.1. The summed E-state index contributed by atoms with van der Waals surface area (Å²) in [6, 6.07) is 3.40. The molecule has 6 nitrogen and oxygen atoms in total. The fraction of sp³-hybridized carbons (Fsp3) is 0.611. The number of ether oxygens (including phenoxy) is 1. The van der Waals surface area contributed by atoms with Gasteiger partial charge in [0.05, 0.1) is 0 Å². The number of hydrogen-bond acceptors (Lipinski definition) is 4. The Morgan fingerprint density at radius 2 is 2.12 bits per heavy atom. The summed E-state index contributed by atoms with van der Waals surface area (Å²) in [5.74, 6) is -1.85. The van der Waals surface area contributed by atoms with Crippen molar-refractivity contribution in [2.75, 3.05) is 26.2 Å². The SMILES string of the molecule is O=C(NCC(O)COc1ccc(F)c(F)c1)NC1CCN2CCCCC12. The Balaban J connectivity index is 1.36. The zero-order valence-electron chi connectivity index (χ0n) is 14.6. The minimum atomic E-state index is -1.01. The van der Waals surface area contributed by atoms with E-state index in [0.717, 1.165) is 38.1 Å². The summed E-state index contributed by atoms with van der Waals surface area (Å²) in [6.07, 6.45) is 3.51. The van der Waals surface area contributed by atoms with Gasteiger partial charge in [0.1, 0.15) is 18.5 Å². The number of fused-ring (bicyclic) bond motifs is 1. The van der Waals surface area contributed by atoms with Crippen molar-refractivity contribution < 1.29 is 23.4 Å². The van der Waals surface area contributed by atoms with E-state index in [-0.39, 0.29) is 31.0 Å². The summed E-state index contributed by atoms with van der Waals surface area (Å²) in [7, 11) is 0. The Kier molecular flexibility index (Phi) is 6.26. The third-order valence-electron chi connectivity index (χ3n) is 5.00. The minimum absolute atomic E-state index is 0.0105. The molecule has 2 amide bonds. The Labute approximate surface area is 151 Å². The van der Waals surface area contributed by atoms with E-state index in [1.54, 1.807) is 0 Å². The van der Waals surface area contributed by atoms with Crippen LogP contribution in [0.2, 0.25) is 0 Å². The van der Waals surface area contributed by atoms with Gasteiger partial charge in [-0.25, -0.2) is 13.6 Å². The molecule has 0 aromatic heterocycles. The Bertz CT molecular complexity index is 632. The standard InChI is InChI=1S/C18H25F2N3O3/c19-14-5-4-13(9-15(14)20)26-11-12(24)10-21-18(25)22-16-6-8-23-7-2-1-3-17(16)23/h4-5,9,12,16-17,24H,1-3,6-8,10-11H2,(H2,21,22,25). The molecule has 2 saturated heterocycles. The highest BCUT2D eigenvalue weighted by atomic mass is 19.2. The summed E-state index contributed by atoms with van der Waals surface area (Å²) < 4.78 is 31.1. The molecular formula is C18H25F2N3O3. The van der Waals surface area contributed by atoms with Gasteiger partial charge < -0.3 is 20.5 Å². The quantitative estimate of drug-likeness (QED) is 0.713. The molecule has 2 aliphatic heterocycles. The summed E-state index contributed by atoms with van der Waals surface area (Å²) in [6.45, 7) is 1.99. The zero-order chi connectivity index (χ0) is 18.5. The lowest BCUT2D eigenvalue weighted by atomic mass is 9.99. The van der Waals surface area contributed by atoms with E-state index >= 15 is 0 Å². The van der Waals surface area contributed by atoms with E-state index < -0.39 is 17.7 Å². The van der Waals surface area contributed by atoms with Crippen LogP contribution in [-0.2, 0) is 0 Å². The van der Waals surface area contributed by atoms with E-state index in [0.29, 0.717) is 6.04 Å². The van der Waals surface area contributed by atoms with Crippen molar-refractivity contribution in [1.82, 2.24) is 15.5 Å². The number of aliphatic hydroxyl groups excluding tert-OH is 1. The van der Waals surface area contributed by atoms with Crippen molar-refractivity contribution >= 4 is 6.03 Å². The number of nitrogens with zero attached hydrogens (tertiary/aromatic N) is 1. The van der Waals surface area contributed by atoms with E-state index in [4.69, 9.17) is 4.74 Å². The first kappa shape index (κ1) is 18.8. The molecule has 8 heteroatoms. The van der Waals surface area contributed by atoms with Gasteiger partial charge in [-0.05, 0) is 37.9 Å². The molecule has 3 atom stereocenters. The molecule has 2 heterocycles. The van der Waals surface area contributed by atoms with Gasteiger partial charge in [-0.2, -0.15) is 0 Å². The molecule has 0 spiro atoms. The highest BCUT2D eigenvalue weighted by molar-refractivity contribution is 5.74.